The van der Waals surface area contributed by atoms with Crippen LogP contribution in [0.25, 0.3) is 0 Å². The van der Waals surface area contributed by atoms with Crippen molar-refractivity contribution in [3.63, 3.8) is 0 Å². The first-order valence-corrected chi connectivity index (χ1v) is 8.30. The minimum Gasteiger partial charge on any atom is -0.372 e. The summed E-state index contributed by atoms with van der Waals surface area (Å²) in [6.45, 7) is 5.35. The molecule has 3 aliphatic rings. The van der Waals surface area contributed by atoms with E-state index in [9.17, 15) is 0 Å². The zero-order valence-corrected chi connectivity index (χ0v) is 12.3. The monoisotopic (exact) mass is 267 g/mol. The van der Waals surface area contributed by atoms with Crippen LogP contribution in [-0.2, 0) is 9.47 Å². The lowest BCUT2D eigenvalue weighted by molar-refractivity contribution is -0.0474. The first-order valence-electron chi connectivity index (χ1n) is 8.30. The van der Waals surface area contributed by atoms with Crippen molar-refractivity contribution in [3.05, 3.63) is 0 Å². The zero-order valence-electron chi connectivity index (χ0n) is 12.3. The van der Waals surface area contributed by atoms with Gasteiger partial charge < -0.3 is 14.8 Å². The third-order valence-electron chi connectivity index (χ3n) is 5.39. The second kappa shape index (κ2) is 6.11. The standard InChI is InChI=1S/C16H29NO2/c1-2-13-4-3-5-14(10-13)19-15-11-16(18-12-15)6-8-17-9-7-16/h13-15,17H,2-12H2,1H3. The van der Waals surface area contributed by atoms with E-state index in [1.54, 1.807) is 0 Å². The summed E-state index contributed by atoms with van der Waals surface area (Å²) >= 11 is 0. The number of hydrogen-bond donors (Lipinski definition) is 1. The fraction of sp³-hybridized carbons (Fsp3) is 1.00. The predicted octanol–water partition coefficient (Wildman–Crippen LogP) is 2.88. The smallest absolute Gasteiger partial charge is 0.0840 e. The first kappa shape index (κ1) is 13.8. The Balaban J connectivity index is 1.48. The molecule has 1 aliphatic carbocycles. The van der Waals surface area contributed by atoms with Gasteiger partial charge in [-0.3, -0.25) is 0 Å². The lowest BCUT2D eigenvalue weighted by Gasteiger charge is -2.33. The minimum absolute atomic E-state index is 0.148. The van der Waals surface area contributed by atoms with Crippen molar-refractivity contribution in [3.8, 4) is 0 Å². The maximum absolute atomic E-state index is 6.37. The van der Waals surface area contributed by atoms with Crippen LogP contribution < -0.4 is 5.32 Å². The molecule has 2 heterocycles. The third-order valence-corrected chi connectivity index (χ3v) is 5.39. The van der Waals surface area contributed by atoms with Crippen molar-refractivity contribution < 1.29 is 9.47 Å². The van der Waals surface area contributed by atoms with Gasteiger partial charge in [-0.25, -0.2) is 0 Å². The summed E-state index contributed by atoms with van der Waals surface area (Å²) in [4.78, 5) is 0. The molecule has 110 valence electrons. The molecule has 2 aliphatic heterocycles. The molecule has 0 aromatic rings. The molecule has 3 fully saturated rings. The van der Waals surface area contributed by atoms with Crippen LogP contribution >= 0.6 is 0 Å². The van der Waals surface area contributed by atoms with Crippen molar-refractivity contribution in [2.24, 2.45) is 5.92 Å². The molecule has 3 heteroatoms. The van der Waals surface area contributed by atoms with Crippen LogP contribution in [0.1, 0.15) is 58.3 Å². The Hall–Kier alpha value is -0.120. The summed E-state index contributed by atoms with van der Waals surface area (Å²) in [5, 5.41) is 3.42. The maximum atomic E-state index is 6.37. The van der Waals surface area contributed by atoms with Gasteiger partial charge in [-0.2, -0.15) is 0 Å². The van der Waals surface area contributed by atoms with Gasteiger partial charge >= 0.3 is 0 Å². The van der Waals surface area contributed by atoms with Crippen molar-refractivity contribution in [1.29, 1.82) is 0 Å². The normalized spacial score (nSPS) is 38.7. The number of nitrogens with one attached hydrogen (secondary N) is 1. The molecule has 0 bridgehead atoms. The molecule has 0 amide bonds. The van der Waals surface area contributed by atoms with Gasteiger partial charge in [-0.05, 0) is 44.7 Å². The molecule has 1 spiro atoms. The molecule has 19 heavy (non-hydrogen) atoms. The molecule has 0 radical (unpaired) electrons. The molecule has 3 nitrogen and oxygen atoms in total. The average molecular weight is 267 g/mol. The fourth-order valence-corrected chi connectivity index (χ4v) is 4.13. The Morgan fingerprint density at radius 1 is 1.21 bits per heavy atom. The lowest BCUT2D eigenvalue weighted by atomic mass is 9.85. The molecule has 1 saturated carbocycles. The Kier molecular flexibility index (Phi) is 4.45. The largest absolute Gasteiger partial charge is 0.372 e. The van der Waals surface area contributed by atoms with E-state index in [0.29, 0.717) is 12.2 Å². The summed E-state index contributed by atoms with van der Waals surface area (Å²) in [6, 6.07) is 0. The van der Waals surface area contributed by atoms with E-state index in [2.05, 4.69) is 12.2 Å². The SMILES string of the molecule is CCC1CCCC(OC2COC3(CCNCC3)C2)C1. The quantitative estimate of drug-likeness (QED) is 0.853. The molecule has 3 rings (SSSR count). The van der Waals surface area contributed by atoms with E-state index >= 15 is 0 Å². The Bertz CT molecular complexity index is 288. The second-order valence-electron chi connectivity index (χ2n) is 6.77. The number of rotatable bonds is 3. The molecule has 0 aromatic carbocycles. The van der Waals surface area contributed by atoms with Crippen molar-refractivity contribution >= 4 is 0 Å². The van der Waals surface area contributed by atoms with Crippen LogP contribution in [0.5, 0.6) is 0 Å². The van der Waals surface area contributed by atoms with Gasteiger partial charge in [-0.15, -0.1) is 0 Å². The van der Waals surface area contributed by atoms with E-state index in [1.807, 2.05) is 0 Å². The highest BCUT2D eigenvalue weighted by atomic mass is 16.6. The van der Waals surface area contributed by atoms with Crippen molar-refractivity contribution in [2.45, 2.75) is 76.1 Å². The summed E-state index contributed by atoms with van der Waals surface area (Å²) in [7, 11) is 0. The third kappa shape index (κ3) is 3.32. The molecule has 1 N–H and O–H groups in total. The van der Waals surface area contributed by atoms with Gasteiger partial charge in [0.25, 0.3) is 0 Å². The summed E-state index contributed by atoms with van der Waals surface area (Å²) < 4.78 is 12.5. The van der Waals surface area contributed by atoms with E-state index in [0.717, 1.165) is 44.9 Å². The topological polar surface area (TPSA) is 30.5 Å². The van der Waals surface area contributed by atoms with Crippen LogP contribution in [-0.4, -0.2) is 37.5 Å². The van der Waals surface area contributed by atoms with Crippen molar-refractivity contribution in [1.82, 2.24) is 5.32 Å². The lowest BCUT2D eigenvalue weighted by Crippen LogP contribution is -2.41. The predicted molar refractivity (Wildman–Crippen MR) is 76.3 cm³/mol. The highest BCUT2D eigenvalue weighted by Crippen LogP contribution is 2.37. The molecular formula is C16H29NO2. The van der Waals surface area contributed by atoms with Gasteiger partial charge in [0.15, 0.2) is 0 Å². The summed E-state index contributed by atoms with van der Waals surface area (Å²) in [5.74, 6) is 0.897. The molecule has 3 atom stereocenters. The van der Waals surface area contributed by atoms with Crippen LogP contribution in [0.4, 0.5) is 0 Å². The van der Waals surface area contributed by atoms with Crippen LogP contribution in [0, 0.1) is 5.92 Å². The fourth-order valence-electron chi connectivity index (χ4n) is 4.13. The molecule has 3 unspecified atom stereocenters. The van der Waals surface area contributed by atoms with Gasteiger partial charge in [0.2, 0.25) is 0 Å². The van der Waals surface area contributed by atoms with E-state index < -0.39 is 0 Å². The maximum Gasteiger partial charge on any atom is 0.0840 e. The van der Waals surface area contributed by atoms with Gasteiger partial charge in [0.05, 0.1) is 24.4 Å². The van der Waals surface area contributed by atoms with Crippen LogP contribution in [0.2, 0.25) is 0 Å². The van der Waals surface area contributed by atoms with Gasteiger partial charge in [-0.1, -0.05) is 26.2 Å². The number of hydrogen-bond acceptors (Lipinski definition) is 3. The molecular weight excluding hydrogens is 238 g/mol. The molecule has 0 aromatic heterocycles. The van der Waals surface area contributed by atoms with E-state index in [-0.39, 0.29) is 5.60 Å². The van der Waals surface area contributed by atoms with Crippen LogP contribution in [0.15, 0.2) is 0 Å². The Morgan fingerprint density at radius 3 is 2.84 bits per heavy atom. The highest BCUT2D eigenvalue weighted by molar-refractivity contribution is 4.93. The van der Waals surface area contributed by atoms with E-state index in [1.165, 1.54) is 32.1 Å². The number of piperidine rings is 1. The first-order chi connectivity index (χ1) is 9.30. The second-order valence-corrected chi connectivity index (χ2v) is 6.77. The molecule has 2 saturated heterocycles. The zero-order chi connectivity index (χ0) is 13.1. The van der Waals surface area contributed by atoms with Gasteiger partial charge in [0.1, 0.15) is 0 Å². The summed E-state index contributed by atoms with van der Waals surface area (Å²) in [6.07, 6.45) is 10.9. The minimum atomic E-state index is 0.148. The summed E-state index contributed by atoms with van der Waals surface area (Å²) in [5.41, 5.74) is 0.148. The Morgan fingerprint density at radius 2 is 2.05 bits per heavy atom. The Labute approximate surface area is 117 Å². The van der Waals surface area contributed by atoms with Crippen LogP contribution in [0.3, 0.4) is 0 Å². The van der Waals surface area contributed by atoms with Crippen molar-refractivity contribution in [2.75, 3.05) is 19.7 Å². The van der Waals surface area contributed by atoms with Gasteiger partial charge in [0, 0.05) is 6.42 Å². The average Bonchev–Trinajstić information content (AvgIpc) is 2.82. The van der Waals surface area contributed by atoms with E-state index in [4.69, 9.17) is 9.47 Å². The highest BCUT2D eigenvalue weighted by Gasteiger charge is 2.42. The number of ether oxygens (including phenoxy) is 2.